The zero-order chi connectivity index (χ0) is 17.4. The van der Waals surface area contributed by atoms with Gasteiger partial charge in [-0.3, -0.25) is 4.79 Å². The normalized spacial score (nSPS) is 12.1. The van der Waals surface area contributed by atoms with Crippen LogP contribution in [0.25, 0.3) is 0 Å². The van der Waals surface area contributed by atoms with Gasteiger partial charge in [-0.25, -0.2) is 0 Å². The van der Waals surface area contributed by atoms with Crippen molar-refractivity contribution in [2.24, 2.45) is 0 Å². The minimum Gasteiger partial charge on any atom is -0.351 e. The summed E-state index contributed by atoms with van der Waals surface area (Å²) in [4.78, 5) is 12.2. The van der Waals surface area contributed by atoms with Gasteiger partial charge in [0.1, 0.15) is 0 Å². The maximum absolute atomic E-state index is 12.2. The summed E-state index contributed by atoms with van der Waals surface area (Å²) >= 11 is 10.6. The molecule has 1 N–H and O–H groups in total. The number of nitrogens with one attached hydrogen (secondary N) is 1. The van der Waals surface area contributed by atoms with Crippen molar-refractivity contribution in [1.82, 2.24) is 15.5 Å². The van der Waals surface area contributed by atoms with Crippen LogP contribution in [-0.4, -0.2) is 27.1 Å². The standard InChI is InChI=1S/C16H20ClN3OS3/c1-3-4-9-22-15-19-20-16(24-15)23-11(2)14(21)18-10-12-5-7-13(17)8-6-12/h5-8,11H,3-4,9-10H2,1-2H3,(H,18,21). The third kappa shape index (κ3) is 6.63. The Morgan fingerprint density at radius 2 is 2.00 bits per heavy atom. The molecule has 1 heterocycles. The van der Waals surface area contributed by atoms with E-state index in [0.29, 0.717) is 11.6 Å². The molecular weight excluding hydrogens is 382 g/mol. The van der Waals surface area contributed by atoms with Crippen LogP contribution in [0.15, 0.2) is 32.9 Å². The Balaban J connectivity index is 1.77. The molecule has 130 valence electrons. The number of nitrogens with zero attached hydrogens (tertiary/aromatic N) is 2. The van der Waals surface area contributed by atoms with E-state index in [-0.39, 0.29) is 11.2 Å². The number of benzene rings is 1. The van der Waals surface area contributed by atoms with Crippen LogP contribution in [0.1, 0.15) is 32.3 Å². The van der Waals surface area contributed by atoms with Gasteiger partial charge < -0.3 is 5.32 Å². The van der Waals surface area contributed by atoms with E-state index in [4.69, 9.17) is 11.6 Å². The van der Waals surface area contributed by atoms with Crippen LogP contribution in [0, 0.1) is 0 Å². The van der Waals surface area contributed by atoms with Crippen molar-refractivity contribution in [2.45, 2.75) is 47.2 Å². The second-order valence-corrected chi connectivity index (χ2v) is 9.48. The molecule has 2 rings (SSSR count). The average molecular weight is 402 g/mol. The van der Waals surface area contributed by atoms with Gasteiger partial charge in [-0.05, 0) is 31.0 Å². The van der Waals surface area contributed by atoms with E-state index in [9.17, 15) is 4.79 Å². The van der Waals surface area contributed by atoms with E-state index in [1.54, 1.807) is 23.1 Å². The minimum atomic E-state index is -0.209. The molecule has 0 saturated carbocycles. The highest BCUT2D eigenvalue weighted by molar-refractivity contribution is 8.03. The highest BCUT2D eigenvalue weighted by Crippen LogP contribution is 2.31. The number of amides is 1. The van der Waals surface area contributed by atoms with Gasteiger partial charge in [0.25, 0.3) is 0 Å². The quantitative estimate of drug-likeness (QED) is 0.479. The zero-order valence-electron chi connectivity index (χ0n) is 13.6. The molecule has 1 aromatic heterocycles. The number of thioether (sulfide) groups is 2. The number of carbonyl (C=O) groups excluding carboxylic acids is 1. The zero-order valence-corrected chi connectivity index (χ0v) is 16.8. The number of rotatable bonds is 9. The van der Waals surface area contributed by atoms with Crippen molar-refractivity contribution >= 4 is 52.4 Å². The first-order valence-electron chi connectivity index (χ1n) is 7.73. The lowest BCUT2D eigenvalue weighted by atomic mass is 10.2. The molecule has 0 aliphatic rings. The van der Waals surface area contributed by atoms with Gasteiger partial charge in [-0.2, -0.15) is 0 Å². The lowest BCUT2D eigenvalue weighted by molar-refractivity contribution is -0.120. The third-order valence-corrected chi connectivity index (χ3v) is 6.72. The van der Waals surface area contributed by atoms with Gasteiger partial charge in [0.15, 0.2) is 8.68 Å². The SMILES string of the molecule is CCCCSc1nnc(SC(C)C(=O)NCc2ccc(Cl)cc2)s1. The second-order valence-electron chi connectivity index (χ2n) is 5.14. The number of carbonyl (C=O) groups is 1. The third-order valence-electron chi connectivity index (χ3n) is 3.14. The van der Waals surface area contributed by atoms with Crippen LogP contribution in [-0.2, 0) is 11.3 Å². The summed E-state index contributed by atoms with van der Waals surface area (Å²) in [5, 5.41) is 11.7. The Morgan fingerprint density at radius 3 is 2.71 bits per heavy atom. The monoisotopic (exact) mass is 401 g/mol. The molecule has 0 fully saturated rings. The fourth-order valence-corrected chi connectivity index (χ4v) is 5.22. The van der Waals surface area contributed by atoms with Crippen molar-refractivity contribution in [2.75, 3.05) is 5.75 Å². The number of halogens is 1. The summed E-state index contributed by atoms with van der Waals surface area (Å²) in [6.45, 7) is 4.55. The summed E-state index contributed by atoms with van der Waals surface area (Å²) in [6.07, 6.45) is 2.36. The molecule has 24 heavy (non-hydrogen) atoms. The van der Waals surface area contributed by atoms with E-state index < -0.39 is 0 Å². The van der Waals surface area contributed by atoms with Crippen LogP contribution in [0.5, 0.6) is 0 Å². The topological polar surface area (TPSA) is 54.9 Å². The Bertz CT molecular complexity index is 648. The van der Waals surface area contributed by atoms with E-state index >= 15 is 0 Å². The largest absolute Gasteiger partial charge is 0.351 e. The summed E-state index contributed by atoms with van der Waals surface area (Å²) in [7, 11) is 0. The fourth-order valence-electron chi connectivity index (χ4n) is 1.75. The molecule has 0 bridgehead atoms. The molecule has 0 aliphatic heterocycles. The molecule has 4 nitrogen and oxygen atoms in total. The Kier molecular flexibility index (Phi) is 8.38. The Hall–Kier alpha value is -0.760. The van der Waals surface area contributed by atoms with Crippen molar-refractivity contribution in [3.8, 4) is 0 Å². The Morgan fingerprint density at radius 1 is 1.29 bits per heavy atom. The van der Waals surface area contributed by atoms with Gasteiger partial charge in [0.2, 0.25) is 5.91 Å². The lowest BCUT2D eigenvalue weighted by Gasteiger charge is -2.10. The highest BCUT2D eigenvalue weighted by atomic mass is 35.5. The van der Waals surface area contributed by atoms with E-state index in [2.05, 4.69) is 22.4 Å². The molecule has 2 aromatic rings. The van der Waals surface area contributed by atoms with Crippen molar-refractivity contribution in [3.05, 3.63) is 34.9 Å². The van der Waals surface area contributed by atoms with Crippen molar-refractivity contribution in [3.63, 3.8) is 0 Å². The van der Waals surface area contributed by atoms with E-state index in [1.807, 2.05) is 31.2 Å². The highest BCUT2D eigenvalue weighted by Gasteiger charge is 2.17. The predicted molar refractivity (Wildman–Crippen MR) is 104 cm³/mol. The van der Waals surface area contributed by atoms with Crippen LogP contribution >= 0.6 is 46.5 Å². The summed E-state index contributed by atoms with van der Waals surface area (Å²) in [5.74, 6) is 1.05. The summed E-state index contributed by atoms with van der Waals surface area (Å²) in [5.41, 5.74) is 1.02. The minimum absolute atomic E-state index is 0.00895. The van der Waals surface area contributed by atoms with Crippen LogP contribution in [0.2, 0.25) is 5.02 Å². The number of hydrogen-bond donors (Lipinski definition) is 1. The summed E-state index contributed by atoms with van der Waals surface area (Å²) < 4.78 is 1.81. The average Bonchev–Trinajstić information content (AvgIpc) is 3.01. The van der Waals surface area contributed by atoms with Crippen LogP contribution in [0.3, 0.4) is 0 Å². The second kappa shape index (κ2) is 10.3. The van der Waals surface area contributed by atoms with E-state index in [1.165, 1.54) is 24.6 Å². The first-order chi connectivity index (χ1) is 11.6. The smallest absolute Gasteiger partial charge is 0.233 e. The molecular formula is C16H20ClN3OS3. The molecule has 1 atom stereocenters. The molecule has 0 radical (unpaired) electrons. The first kappa shape index (κ1) is 19.6. The molecule has 8 heteroatoms. The maximum Gasteiger partial charge on any atom is 0.233 e. The molecule has 1 aromatic carbocycles. The molecule has 0 spiro atoms. The van der Waals surface area contributed by atoms with Gasteiger partial charge in [0.05, 0.1) is 5.25 Å². The van der Waals surface area contributed by atoms with E-state index in [0.717, 1.165) is 20.0 Å². The predicted octanol–water partition coefficient (Wildman–Crippen LogP) is 4.88. The summed E-state index contributed by atoms with van der Waals surface area (Å²) in [6, 6.07) is 7.45. The number of hydrogen-bond acceptors (Lipinski definition) is 6. The fraction of sp³-hybridized carbons (Fsp3) is 0.438. The van der Waals surface area contributed by atoms with Gasteiger partial charge in [0, 0.05) is 17.3 Å². The molecule has 0 saturated heterocycles. The number of unbranched alkanes of at least 4 members (excludes halogenated alkanes) is 1. The van der Waals surface area contributed by atoms with Gasteiger partial charge in [-0.15, -0.1) is 10.2 Å². The van der Waals surface area contributed by atoms with Crippen LogP contribution < -0.4 is 5.32 Å². The number of aromatic nitrogens is 2. The first-order valence-corrected chi connectivity index (χ1v) is 10.8. The van der Waals surface area contributed by atoms with Crippen molar-refractivity contribution < 1.29 is 4.79 Å². The van der Waals surface area contributed by atoms with Crippen molar-refractivity contribution in [1.29, 1.82) is 0 Å². The van der Waals surface area contributed by atoms with Crippen LogP contribution in [0.4, 0.5) is 0 Å². The molecule has 0 aliphatic carbocycles. The lowest BCUT2D eigenvalue weighted by Crippen LogP contribution is -2.30. The molecule has 1 amide bonds. The Labute approximate surface area is 160 Å². The van der Waals surface area contributed by atoms with Gasteiger partial charge >= 0.3 is 0 Å². The molecule has 1 unspecified atom stereocenters. The van der Waals surface area contributed by atoms with Gasteiger partial charge in [-0.1, -0.05) is 71.9 Å². The maximum atomic E-state index is 12.2.